The zero-order valence-corrected chi connectivity index (χ0v) is 15.7. The van der Waals surface area contributed by atoms with Gasteiger partial charge in [0.15, 0.2) is 5.82 Å². The minimum absolute atomic E-state index is 0.265. The molecule has 0 bridgehead atoms. The lowest BCUT2D eigenvalue weighted by molar-refractivity contribution is 0.684. The van der Waals surface area contributed by atoms with E-state index >= 15 is 0 Å². The van der Waals surface area contributed by atoms with E-state index < -0.39 is 0 Å². The molecule has 8 heteroatoms. The van der Waals surface area contributed by atoms with Gasteiger partial charge >= 0.3 is 0 Å². The number of fused-ring (bicyclic) bond motifs is 2. The molecule has 7 nitrogen and oxygen atoms in total. The van der Waals surface area contributed by atoms with Crippen LogP contribution in [0.2, 0.25) is 5.02 Å². The summed E-state index contributed by atoms with van der Waals surface area (Å²) in [5.41, 5.74) is 3.01. The quantitative estimate of drug-likeness (QED) is 0.508. The van der Waals surface area contributed by atoms with E-state index in [1.807, 2.05) is 54.2 Å². The zero-order chi connectivity index (χ0) is 19.3. The van der Waals surface area contributed by atoms with Gasteiger partial charge in [0.25, 0.3) is 5.56 Å². The molecule has 0 unspecified atom stereocenters. The lowest BCUT2D eigenvalue weighted by Gasteiger charge is -2.03. The molecule has 3 heterocycles. The Morgan fingerprint density at radius 1 is 1.14 bits per heavy atom. The van der Waals surface area contributed by atoms with Crippen molar-refractivity contribution in [3.8, 4) is 22.6 Å². The first-order valence-corrected chi connectivity index (χ1v) is 9.23. The highest BCUT2D eigenvalue weighted by Gasteiger charge is 2.13. The number of halogens is 1. The van der Waals surface area contributed by atoms with Crippen LogP contribution in [0, 0.1) is 0 Å². The Morgan fingerprint density at radius 2 is 2.00 bits per heavy atom. The summed E-state index contributed by atoms with van der Waals surface area (Å²) in [5.74, 6) is 0.762. The molecule has 0 aliphatic rings. The third-order valence-corrected chi connectivity index (χ3v) is 5.03. The van der Waals surface area contributed by atoms with Gasteiger partial charge in [0.05, 0.1) is 22.4 Å². The van der Waals surface area contributed by atoms with Crippen LogP contribution in [0.4, 0.5) is 0 Å². The van der Waals surface area contributed by atoms with Crippen molar-refractivity contribution in [2.75, 3.05) is 0 Å². The Kier molecular flexibility index (Phi) is 3.77. The predicted octanol–water partition coefficient (Wildman–Crippen LogP) is 3.77. The summed E-state index contributed by atoms with van der Waals surface area (Å²) in [5, 5.41) is 10.2. The van der Waals surface area contributed by atoms with Crippen LogP contribution < -0.4 is 5.56 Å². The minimum Gasteiger partial charge on any atom is -0.323 e. The number of aryl methyl sites for hydroxylation is 1. The minimum atomic E-state index is -0.265. The van der Waals surface area contributed by atoms with E-state index in [1.54, 1.807) is 6.07 Å². The van der Waals surface area contributed by atoms with Crippen LogP contribution in [0.15, 0.2) is 59.5 Å². The zero-order valence-electron chi connectivity index (χ0n) is 14.9. The fourth-order valence-corrected chi connectivity index (χ4v) is 3.53. The van der Waals surface area contributed by atoms with Crippen molar-refractivity contribution in [1.29, 1.82) is 0 Å². The van der Waals surface area contributed by atoms with Crippen molar-refractivity contribution >= 4 is 28.3 Å². The molecule has 0 spiro atoms. The Balaban J connectivity index is 1.65. The first kappa shape index (κ1) is 16.7. The van der Waals surface area contributed by atoms with E-state index in [-0.39, 0.29) is 5.56 Å². The molecule has 0 atom stereocenters. The summed E-state index contributed by atoms with van der Waals surface area (Å²) in [6.45, 7) is 2.85. The largest absolute Gasteiger partial charge is 0.323 e. The Hall–Kier alpha value is -3.45. The number of hydrogen-bond donors (Lipinski definition) is 1. The van der Waals surface area contributed by atoms with Gasteiger partial charge in [0.1, 0.15) is 0 Å². The number of aromatic nitrogens is 6. The number of rotatable bonds is 3. The van der Waals surface area contributed by atoms with Gasteiger partial charge in [0.2, 0.25) is 5.78 Å². The fraction of sp³-hybridized carbons (Fsp3) is 0.100. The molecular weight excluding hydrogens is 376 g/mol. The third kappa shape index (κ3) is 2.59. The van der Waals surface area contributed by atoms with E-state index in [2.05, 4.69) is 20.2 Å². The highest BCUT2D eigenvalue weighted by Crippen LogP contribution is 2.26. The van der Waals surface area contributed by atoms with Crippen LogP contribution >= 0.6 is 11.6 Å². The molecule has 5 aromatic rings. The van der Waals surface area contributed by atoms with Crippen molar-refractivity contribution in [3.05, 3.63) is 70.1 Å². The number of nitrogens with zero attached hydrogens (tertiary/aromatic N) is 5. The van der Waals surface area contributed by atoms with Crippen molar-refractivity contribution in [3.63, 3.8) is 0 Å². The fourth-order valence-electron chi connectivity index (χ4n) is 3.31. The van der Waals surface area contributed by atoms with Crippen molar-refractivity contribution < 1.29 is 0 Å². The molecule has 0 radical (unpaired) electrons. The smallest absolute Gasteiger partial charge is 0.276 e. The highest BCUT2D eigenvalue weighted by atomic mass is 35.5. The van der Waals surface area contributed by atoms with Gasteiger partial charge in [-0.1, -0.05) is 29.8 Å². The second kappa shape index (κ2) is 6.31. The maximum atomic E-state index is 12.6. The van der Waals surface area contributed by atoms with Crippen LogP contribution in [-0.4, -0.2) is 29.4 Å². The molecule has 138 valence electrons. The van der Waals surface area contributed by atoms with Gasteiger partial charge in [-0.15, -0.1) is 5.10 Å². The van der Waals surface area contributed by atoms with Crippen LogP contribution in [-0.2, 0) is 6.54 Å². The second-order valence-corrected chi connectivity index (χ2v) is 6.81. The maximum absolute atomic E-state index is 12.6. The molecule has 1 N–H and O–H groups in total. The summed E-state index contributed by atoms with van der Waals surface area (Å²) in [6.07, 6.45) is 1.82. The third-order valence-electron chi connectivity index (χ3n) is 4.70. The van der Waals surface area contributed by atoms with Crippen LogP contribution in [0.5, 0.6) is 0 Å². The molecule has 0 amide bonds. The molecule has 0 aliphatic carbocycles. The van der Waals surface area contributed by atoms with E-state index in [4.69, 9.17) is 11.6 Å². The van der Waals surface area contributed by atoms with Crippen molar-refractivity contribution in [2.45, 2.75) is 13.5 Å². The Morgan fingerprint density at radius 3 is 2.82 bits per heavy atom. The molecule has 28 heavy (non-hydrogen) atoms. The SMILES string of the molecule is CCn1ncc2cc(-c3cc(=O)n4nc(-c5ccccc5Cl)nc4[nH]3)ccc21. The topological polar surface area (TPSA) is 80.9 Å². The maximum Gasteiger partial charge on any atom is 0.276 e. The number of nitrogens with one attached hydrogen (secondary N) is 1. The van der Waals surface area contributed by atoms with Crippen molar-refractivity contribution in [1.82, 2.24) is 29.4 Å². The molecule has 0 saturated carbocycles. The molecular formula is C20H15ClN6O. The van der Waals surface area contributed by atoms with E-state index in [1.165, 1.54) is 10.6 Å². The van der Waals surface area contributed by atoms with Gasteiger partial charge in [-0.3, -0.25) is 9.48 Å². The summed E-state index contributed by atoms with van der Waals surface area (Å²) in [4.78, 5) is 20.3. The average Bonchev–Trinajstić information content (AvgIpc) is 3.31. The van der Waals surface area contributed by atoms with E-state index in [0.717, 1.165) is 23.0 Å². The first-order chi connectivity index (χ1) is 13.6. The standard InChI is InChI=1S/C20H15ClN6O/c1-2-26-17-8-7-12(9-13(17)11-22-26)16-10-18(28)27-20(23-16)24-19(25-27)14-5-3-4-6-15(14)21/h3-11H,2H2,1H3,(H,23,24,25). The molecule has 2 aromatic carbocycles. The summed E-state index contributed by atoms with van der Waals surface area (Å²) in [6, 6.07) is 14.8. The van der Waals surface area contributed by atoms with Gasteiger partial charge in [0, 0.05) is 23.6 Å². The van der Waals surface area contributed by atoms with Gasteiger partial charge in [-0.25, -0.2) is 0 Å². The summed E-state index contributed by atoms with van der Waals surface area (Å²) >= 11 is 6.24. The van der Waals surface area contributed by atoms with Crippen LogP contribution in [0.3, 0.4) is 0 Å². The van der Waals surface area contributed by atoms with E-state index in [0.29, 0.717) is 27.9 Å². The molecule has 0 fully saturated rings. The molecule has 0 saturated heterocycles. The molecule has 0 aliphatic heterocycles. The van der Waals surface area contributed by atoms with E-state index in [9.17, 15) is 4.79 Å². The Labute approximate surface area is 164 Å². The average molecular weight is 391 g/mol. The summed E-state index contributed by atoms with van der Waals surface area (Å²) < 4.78 is 3.18. The number of aromatic amines is 1. The number of benzene rings is 2. The summed E-state index contributed by atoms with van der Waals surface area (Å²) in [7, 11) is 0. The molecule has 3 aromatic heterocycles. The second-order valence-electron chi connectivity index (χ2n) is 6.41. The number of hydrogen-bond acceptors (Lipinski definition) is 4. The van der Waals surface area contributed by atoms with Gasteiger partial charge in [-0.2, -0.15) is 14.6 Å². The lowest BCUT2D eigenvalue weighted by atomic mass is 10.1. The Bertz CT molecular complexity index is 1400. The molecule has 5 rings (SSSR count). The van der Waals surface area contributed by atoms with Gasteiger partial charge < -0.3 is 4.98 Å². The highest BCUT2D eigenvalue weighted by molar-refractivity contribution is 6.33. The van der Waals surface area contributed by atoms with Crippen LogP contribution in [0.1, 0.15) is 6.92 Å². The van der Waals surface area contributed by atoms with Crippen LogP contribution in [0.25, 0.3) is 39.3 Å². The normalized spacial score (nSPS) is 11.5. The lowest BCUT2D eigenvalue weighted by Crippen LogP contribution is -2.14. The predicted molar refractivity (Wildman–Crippen MR) is 108 cm³/mol. The first-order valence-electron chi connectivity index (χ1n) is 8.85. The van der Waals surface area contributed by atoms with Gasteiger partial charge in [-0.05, 0) is 36.8 Å². The number of H-pyrrole nitrogens is 1. The van der Waals surface area contributed by atoms with Crippen molar-refractivity contribution in [2.24, 2.45) is 0 Å². The monoisotopic (exact) mass is 390 g/mol.